The summed E-state index contributed by atoms with van der Waals surface area (Å²) >= 11 is 0. The second-order valence-corrected chi connectivity index (χ2v) is 5.74. The number of pyridine rings is 1. The average Bonchev–Trinajstić information content (AvgIpc) is 2.36. The molecule has 0 saturated carbocycles. The highest BCUT2D eigenvalue weighted by Gasteiger charge is 2.05. The molecule has 0 saturated heterocycles. The fourth-order valence-corrected chi connectivity index (χ4v) is 1.90. The molecule has 0 spiro atoms. The Balaban J connectivity index is 0.000000204. The molecular formula is C14H16FNO3S. The number of hydrogen-bond acceptors (Lipinski definition) is 3. The highest BCUT2D eigenvalue weighted by molar-refractivity contribution is 7.85. The minimum absolute atomic E-state index is 0.169. The summed E-state index contributed by atoms with van der Waals surface area (Å²) in [6, 6.07) is 9.35. The molecular weight excluding hydrogens is 281 g/mol. The van der Waals surface area contributed by atoms with Gasteiger partial charge >= 0.3 is 5.95 Å². The molecule has 0 radical (unpaired) electrons. The second kappa shape index (κ2) is 6.58. The molecule has 1 aromatic carbocycles. The van der Waals surface area contributed by atoms with E-state index in [1.807, 2.05) is 13.0 Å². The standard InChI is InChI=1S/C7H9FN.C7H8O3S/c1-6-4-3-5-9(2)7(6)8;1-6-2-4-7(5-3-6)11(8,9)10/h3-5H,1-2H3;2-5H,1H3,(H,8,9,10)/q+1;/p-1. The Morgan fingerprint density at radius 2 is 1.65 bits per heavy atom. The fraction of sp³-hybridized carbons (Fsp3) is 0.214. The number of aryl methyl sites for hydroxylation is 3. The number of hydrogen-bond donors (Lipinski definition) is 0. The van der Waals surface area contributed by atoms with Crippen molar-refractivity contribution in [1.29, 1.82) is 0 Å². The van der Waals surface area contributed by atoms with Gasteiger partial charge in [0, 0.05) is 6.07 Å². The van der Waals surface area contributed by atoms with Crippen molar-refractivity contribution < 1.29 is 21.9 Å². The van der Waals surface area contributed by atoms with Gasteiger partial charge in [0.1, 0.15) is 17.2 Å². The number of rotatable bonds is 1. The van der Waals surface area contributed by atoms with E-state index in [0.29, 0.717) is 5.56 Å². The summed E-state index contributed by atoms with van der Waals surface area (Å²) < 4.78 is 45.3. The molecule has 1 aromatic heterocycles. The zero-order chi connectivity index (χ0) is 15.3. The van der Waals surface area contributed by atoms with Gasteiger partial charge in [-0.3, -0.25) is 0 Å². The zero-order valence-electron chi connectivity index (χ0n) is 11.5. The summed E-state index contributed by atoms with van der Waals surface area (Å²) in [6.45, 7) is 3.57. The van der Waals surface area contributed by atoms with Crippen LogP contribution in [-0.2, 0) is 17.2 Å². The topological polar surface area (TPSA) is 61.1 Å². The highest BCUT2D eigenvalue weighted by atomic mass is 32.2. The van der Waals surface area contributed by atoms with Crippen molar-refractivity contribution in [2.75, 3.05) is 0 Å². The van der Waals surface area contributed by atoms with Crippen LogP contribution in [0, 0.1) is 19.8 Å². The van der Waals surface area contributed by atoms with Gasteiger partial charge < -0.3 is 4.55 Å². The number of aromatic nitrogens is 1. The third-order valence-corrected chi connectivity index (χ3v) is 3.45. The molecule has 0 atom stereocenters. The maximum Gasteiger partial charge on any atom is 0.362 e. The molecule has 2 aromatic rings. The number of benzene rings is 1. The number of halogens is 1. The quantitative estimate of drug-likeness (QED) is 0.458. The van der Waals surface area contributed by atoms with Gasteiger partial charge in [-0.25, -0.2) is 8.42 Å². The molecule has 1 heterocycles. The first-order chi connectivity index (χ1) is 9.21. The van der Waals surface area contributed by atoms with Crippen LogP contribution < -0.4 is 4.57 Å². The fourth-order valence-electron chi connectivity index (χ4n) is 1.43. The minimum Gasteiger partial charge on any atom is -0.744 e. The lowest BCUT2D eigenvalue weighted by molar-refractivity contribution is -0.700. The predicted molar refractivity (Wildman–Crippen MR) is 71.5 cm³/mol. The summed E-state index contributed by atoms with van der Waals surface area (Å²) in [5, 5.41) is 0. The van der Waals surface area contributed by atoms with E-state index < -0.39 is 10.1 Å². The summed E-state index contributed by atoms with van der Waals surface area (Å²) in [5.74, 6) is -0.169. The Hall–Kier alpha value is -1.79. The summed E-state index contributed by atoms with van der Waals surface area (Å²) in [4.78, 5) is -0.178. The van der Waals surface area contributed by atoms with Gasteiger partial charge in [0.25, 0.3) is 0 Å². The first-order valence-corrected chi connectivity index (χ1v) is 7.26. The van der Waals surface area contributed by atoms with Gasteiger partial charge in [-0.1, -0.05) is 17.7 Å². The van der Waals surface area contributed by atoms with E-state index in [0.717, 1.165) is 5.56 Å². The molecule has 0 aliphatic rings. The molecule has 0 amide bonds. The van der Waals surface area contributed by atoms with Crippen molar-refractivity contribution in [2.45, 2.75) is 18.7 Å². The largest absolute Gasteiger partial charge is 0.744 e. The molecule has 0 aliphatic heterocycles. The molecule has 108 valence electrons. The Morgan fingerprint density at radius 1 is 1.10 bits per heavy atom. The maximum atomic E-state index is 12.7. The van der Waals surface area contributed by atoms with E-state index in [4.69, 9.17) is 0 Å². The van der Waals surface area contributed by atoms with E-state index in [9.17, 15) is 17.4 Å². The van der Waals surface area contributed by atoms with Crippen LogP contribution in [0.5, 0.6) is 0 Å². The van der Waals surface area contributed by atoms with Crippen molar-refractivity contribution >= 4 is 10.1 Å². The van der Waals surface area contributed by atoms with Gasteiger partial charge in [0.2, 0.25) is 0 Å². The molecule has 4 nitrogen and oxygen atoms in total. The van der Waals surface area contributed by atoms with E-state index in [1.54, 1.807) is 38.4 Å². The lowest BCUT2D eigenvalue weighted by atomic mass is 10.2. The van der Waals surface area contributed by atoms with Crippen LogP contribution in [0.1, 0.15) is 11.1 Å². The smallest absolute Gasteiger partial charge is 0.362 e. The molecule has 20 heavy (non-hydrogen) atoms. The maximum absolute atomic E-state index is 12.7. The molecule has 0 aliphatic carbocycles. The van der Waals surface area contributed by atoms with Crippen LogP contribution in [0.3, 0.4) is 0 Å². The average molecular weight is 297 g/mol. The third kappa shape index (κ3) is 4.71. The molecule has 6 heteroatoms. The van der Waals surface area contributed by atoms with Crippen molar-refractivity contribution in [3.63, 3.8) is 0 Å². The second-order valence-electron chi connectivity index (χ2n) is 4.36. The Bertz CT molecular complexity index is 662. The molecule has 2 rings (SSSR count). The van der Waals surface area contributed by atoms with Crippen molar-refractivity contribution in [1.82, 2.24) is 0 Å². The summed E-state index contributed by atoms with van der Waals surface area (Å²) in [7, 11) is -2.59. The highest BCUT2D eigenvalue weighted by Crippen LogP contribution is 2.08. The summed E-state index contributed by atoms with van der Waals surface area (Å²) in [5.41, 5.74) is 1.61. The van der Waals surface area contributed by atoms with Crippen LogP contribution in [0.2, 0.25) is 0 Å². The Kier molecular flexibility index (Phi) is 5.35. The predicted octanol–water partition coefficient (Wildman–Crippen LogP) is 1.86. The van der Waals surface area contributed by atoms with E-state index >= 15 is 0 Å². The SMILES string of the molecule is Cc1ccc(S(=O)(=O)[O-])cc1.Cc1ccc[n+](C)c1F. The van der Waals surface area contributed by atoms with Crippen LogP contribution >= 0.6 is 0 Å². The van der Waals surface area contributed by atoms with Crippen molar-refractivity contribution in [2.24, 2.45) is 7.05 Å². The first kappa shape index (κ1) is 16.3. The Labute approximate surface area is 118 Å². The van der Waals surface area contributed by atoms with Gasteiger partial charge in [-0.05, 0) is 32.0 Å². The lowest BCUT2D eigenvalue weighted by Gasteiger charge is -2.05. The number of nitrogens with zero attached hydrogens (tertiary/aromatic N) is 1. The molecule has 0 N–H and O–H groups in total. The van der Waals surface area contributed by atoms with Crippen molar-refractivity contribution in [3.05, 3.63) is 59.7 Å². The van der Waals surface area contributed by atoms with Gasteiger partial charge in [-0.2, -0.15) is 4.57 Å². The van der Waals surface area contributed by atoms with Crippen LogP contribution in [0.15, 0.2) is 47.5 Å². The van der Waals surface area contributed by atoms with E-state index in [-0.39, 0.29) is 10.8 Å². The van der Waals surface area contributed by atoms with Gasteiger partial charge in [0.15, 0.2) is 6.20 Å². The summed E-state index contributed by atoms with van der Waals surface area (Å²) in [6.07, 6.45) is 1.68. The minimum atomic E-state index is -4.27. The Morgan fingerprint density at radius 3 is 2.05 bits per heavy atom. The molecule has 0 unspecified atom stereocenters. The van der Waals surface area contributed by atoms with Gasteiger partial charge in [-0.15, -0.1) is 4.39 Å². The van der Waals surface area contributed by atoms with E-state index in [2.05, 4.69) is 0 Å². The van der Waals surface area contributed by atoms with E-state index in [1.165, 1.54) is 16.7 Å². The molecule has 0 bridgehead atoms. The van der Waals surface area contributed by atoms with Crippen LogP contribution in [-0.4, -0.2) is 13.0 Å². The lowest BCUT2D eigenvalue weighted by Crippen LogP contribution is -2.32. The van der Waals surface area contributed by atoms with Crippen molar-refractivity contribution in [3.8, 4) is 0 Å². The van der Waals surface area contributed by atoms with Crippen LogP contribution in [0.4, 0.5) is 4.39 Å². The molecule has 0 fully saturated rings. The normalized spacial score (nSPS) is 10.7. The monoisotopic (exact) mass is 297 g/mol. The zero-order valence-corrected chi connectivity index (χ0v) is 12.3. The first-order valence-electron chi connectivity index (χ1n) is 5.85. The van der Waals surface area contributed by atoms with Crippen LogP contribution in [0.25, 0.3) is 0 Å². The third-order valence-electron chi connectivity index (χ3n) is 2.60. The van der Waals surface area contributed by atoms with Gasteiger partial charge in [0.05, 0.1) is 10.5 Å².